The molecule has 1 amide bonds. The highest BCUT2D eigenvalue weighted by atomic mass is 32.2. The Morgan fingerprint density at radius 1 is 1.55 bits per heavy atom. The van der Waals surface area contributed by atoms with Gasteiger partial charge in [0.15, 0.2) is 0 Å². The maximum atomic E-state index is 12.3. The van der Waals surface area contributed by atoms with Gasteiger partial charge in [-0.25, -0.2) is 0 Å². The van der Waals surface area contributed by atoms with E-state index < -0.39 is 10.9 Å². The van der Waals surface area contributed by atoms with Gasteiger partial charge in [-0.3, -0.25) is 24.4 Å². The van der Waals surface area contributed by atoms with E-state index in [1.807, 2.05) is 0 Å². The highest BCUT2D eigenvalue weighted by Crippen LogP contribution is 2.20. The lowest BCUT2D eigenvalue weighted by Crippen LogP contribution is -2.47. The summed E-state index contributed by atoms with van der Waals surface area (Å²) in [6, 6.07) is -0.296. The first-order valence-electron chi connectivity index (χ1n) is 6.73. The lowest BCUT2D eigenvalue weighted by Gasteiger charge is -2.34. The summed E-state index contributed by atoms with van der Waals surface area (Å²) in [4.78, 5) is 34.7. The van der Waals surface area contributed by atoms with Gasteiger partial charge in [0.05, 0.1) is 17.4 Å². The highest BCUT2D eigenvalue weighted by molar-refractivity contribution is 7.99. The van der Waals surface area contributed by atoms with Crippen molar-refractivity contribution in [2.75, 3.05) is 18.1 Å². The minimum absolute atomic E-state index is 0.0635. The molecule has 0 aromatic carbocycles. The first-order chi connectivity index (χ1) is 10.5. The molecule has 2 rings (SSSR count). The van der Waals surface area contributed by atoms with Crippen LogP contribution in [0, 0.1) is 10.1 Å². The van der Waals surface area contributed by atoms with Crippen molar-refractivity contribution in [3.05, 3.63) is 22.5 Å². The summed E-state index contributed by atoms with van der Waals surface area (Å²) in [5.74, 6) is 0.332. The third-order valence-electron chi connectivity index (χ3n) is 3.34. The number of carbonyl (C=O) groups excluding carboxylic acids is 1. The van der Waals surface area contributed by atoms with Crippen LogP contribution in [0.1, 0.15) is 12.8 Å². The molecule has 0 spiro atoms. The van der Waals surface area contributed by atoms with E-state index in [-0.39, 0.29) is 37.0 Å². The second kappa shape index (κ2) is 7.25. The summed E-state index contributed by atoms with van der Waals surface area (Å²) in [5.41, 5.74) is -0.120. The van der Waals surface area contributed by atoms with Crippen LogP contribution in [0.25, 0.3) is 0 Å². The summed E-state index contributed by atoms with van der Waals surface area (Å²) in [5, 5.41) is 23.3. The first kappa shape index (κ1) is 16.3. The van der Waals surface area contributed by atoms with Crippen molar-refractivity contribution in [2.45, 2.75) is 25.4 Å². The number of aromatic nitrogens is 2. The fraction of sp³-hybridized carbons (Fsp3) is 0.583. The zero-order valence-corrected chi connectivity index (χ0v) is 12.6. The number of thioether (sulfide) groups is 1. The number of carbonyl (C=O) groups is 2. The van der Waals surface area contributed by atoms with Crippen LogP contribution >= 0.6 is 11.8 Å². The van der Waals surface area contributed by atoms with Crippen LogP contribution in [0.3, 0.4) is 0 Å². The largest absolute Gasteiger partial charge is 0.481 e. The molecule has 1 fully saturated rings. The number of rotatable bonds is 6. The molecule has 22 heavy (non-hydrogen) atoms. The van der Waals surface area contributed by atoms with Crippen LogP contribution in [0.4, 0.5) is 5.69 Å². The van der Waals surface area contributed by atoms with E-state index in [0.29, 0.717) is 12.3 Å². The maximum absolute atomic E-state index is 12.3. The normalized spacial score (nSPS) is 18.2. The maximum Gasteiger partial charge on any atom is 0.306 e. The van der Waals surface area contributed by atoms with Gasteiger partial charge in [0.2, 0.25) is 5.91 Å². The molecule has 0 aliphatic carbocycles. The third-order valence-corrected chi connectivity index (χ3v) is 4.44. The smallest absolute Gasteiger partial charge is 0.306 e. The Kier molecular flexibility index (Phi) is 5.36. The predicted molar refractivity (Wildman–Crippen MR) is 78.6 cm³/mol. The number of carboxylic acid groups (broad SMARTS) is 1. The summed E-state index contributed by atoms with van der Waals surface area (Å²) < 4.78 is 1.35. The Bertz CT molecular complexity index is 576. The summed E-state index contributed by atoms with van der Waals surface area (Å²) in [6.45, 7) is 0.761. The van der Waals surface area contributed by atoms with Crippen LogP contribution in [0.5, 0.6) is 0 Å². The Hall–Kier alpha value is -2.10. The Balaban J connectivity index is 1.91. The van der Waals surface area contributed by atoms with Gasteiger partial charge in [-0.1, -0.05) is 0 Å². The molecule has 0 radical (unpaired) electrons. The van der Waals surface area contributed by atoms with Crippen LogP contribution in [-0.2, 0) is 16.1 Å². The van der Waals surface area contributed by atoms with Crippen molar-refractivity contribution < 1.29 is 19.6 Å². The summed E-state index contributed by atoms with van der Waals surface area (Å²) >= 11 is 1.64. The van der Waals surface area contributed by atoms with Crippen molar-refractivity contribution in [3.8, 4) is 0 Å². The number of carboxylic acids is 1. The molecule has 9 nitrogen and oxygen atoms in total. The summed E-state index contributed by atoms with van der Waals surface area (Å²) in [7, 11) is 0. The molecular formula is C12H16N4O5S. The van der Waals surface area contributed by atoms with Gasteiger partial charge in [0, 0.05) is 31.0 Å². The summed E-state index contributed by atoms with van der Waals surface area (Å²) in [6.07, 6.45) is 2.48. The minimum Gasteiger partial charge on any atom is -0.481 e. The second-order valence-corrected chi connectivity index (χ2v) is 6.03. The van der Waals surface area contributed by atoms with Crippen molar-refractivity contribution >= 4 is 29.3 Å². The minimum atomic E-state index is -0.923. The molecule has 1 aliphatic rings. The fourth-order valence-corrected chi connectivity index (χ4v) is 3.34. The molecule has 1 N–H and O–H groups in total. The van der Waals surface area contributed by atoms with Gasteiger partial charge in [0.1, 0.15) is 12.4 Å². The van der Waals surface area contributed by atoms with E-state index >= 15 is 0 Å². The van der Waals surface area contributed by atoms with E-state index in [1.54, 1.807) is 16.7 Å². The second-order valence-electron chi connectivity index (χ2n) is 4.88. The number of hydrogen-bond acceptors (Lipinski definition) is 6. The molecule has 1 unspecified atom stereocenters. The molecule has 0 bridgehead atoms. The molecule has 10 heteroatoms. The number of aliphatic carboxylic acids is 1. The molecule has 0 saturated carbocycles. The van der Waals surface area contributed by atoms with E-state index in [2.05, 4.69) is 5.10 Å². The van der Waals surface area contributed by atoms with E-state index in [1.165, 1.54) is 10.9 Å². The molecule has 1 aliphatic heterocycles. The van der Waals surface area contributed by atoms with Gasteiger partial charge in [-0.15, -0.1) is 0 Å². The number of amides is 1. The molecule has 1 aromatic rings. The highest BCUT2D eigenvalue weighted by Gasteiger charge is 2.28. The zero-order valence-electron chi connectivity index (χ0n) is 11.8. The fourth-order valence-electron chi connectivity index (χ4n) is 2.28. The standard InChI is InChI=1S/C12H16N4O5S/c17-11(1-2-14-7-10(6-13-14)16(20)21)15-3-4-22-8-9(15)5-12(18)19/h6-7,9H,1-5,8H2,(H,18,19). The van der Waals surface area contributed by atoms with Crippen molar-refractivity contribution in [1.82, 2.24) is 14.7 Å². The number of nitrogens with zero attached hydrogens (tertiary/aromatic N) is 4. The van der Waals surface area contributed by atoms with Gasteiger partial charge < -0.3 is 10.0 Å². The van der Waals surface area contributed by atoms with Gasteiger partial charge >= 0.3 is 11.7 Å². The number of aryl methyl sites for hydroxylation is 1. The van der Waals surface area contributed by atoms with E-state index in [9.17, 15) is 19.7 Å². The first-order valence-corrected chi connectivity index (χ1v) is 7.88. The average molecular weight is 328 g/mol. The molecular weight excluding hydrogens is 312 g/mol. The van der Waals surface area contributed by atoms with E-state index in [4.69, 9.17) is 5.11 Å². The number of hydrogen-bond donors (Lipinski definition) is 1. The quantitative estimate of drug-likeness (QED) is 0.600. The Morgan fingerprint density at radius 3 is 2.95 bits per heavy atom. The van der Waals surface area contributed by atoms with Gasteiger partial charge in [0.25, 0.3) is 0 Å². The lowest BCUT2D eigenvalue weighted by molar-refractivity contribution is -0.385. The SMILES string of the molecule is O=C(O)CC1CSCCN1C(=O)CCn1cc([N+](=O)[O-])cn1. The molecule has 1 saturated heterocycles. The van der Waals surface area contributed by atoms with Gasteiger partial charge in [-0.05, 0) is 0 Å². The zero-order chi connectivity index (χ0) is 16.1. The predicted octanol–water partition coefficient (Wildman–Crippen LogP) is 0.600. The van der Waals surface area contributed by atoms with Crippen molar-refractivity contribution in [1.29, 1.82) is 0 Å². The van der Waals surface area contributed by atoms with E-state index in [0.717, 1.165) is 11.9 Å². The Morgan fingerprint density at radius 2 is 2.32 bits per heavy atom. The molecule has 120 valence electrons. The van der Waals surface area contributed by atoms with Crippen LogP contribution in [-0.4, -0.2) is 60.7 Å². The average Bonchev–Trinajstić information content (AvgIpc) is 2.94. The topological polar surface area (TPSA) is 119 Å². The molecule has 1 atom stereocenters. The van der Waals surface area contributed by atoms with Gasteiger partial charge in [-0.2, -0.15) is 16.9 Å². The molecule has 2 heterocycles. The van der Waals surface area contributed by atoms with Crippen LogP contribution < -0.4 is 0 Å². The lowest BCUT2D eigenvalue weighted by atomic mass is 10.2. The molecule has 1 aromatic heterocycles. The van der Waals surface area contributed by atoms with Crippen molar-refractivity contribution in [2.24, 2.45) is 0 Å². The van der Waals surface area contributed by atoms with Crippen molar-refractivity contribution in [3.63, 3.8) is 0 Å². The third kappa shape index (κ3) is 4.20. The monoisotopic (exact) mass is 328 g/mol. The van der Waals surface area contributed by atoms with Crippen LogP contribution in [0.15, 0.2) is 12.4 Å². The van der Waals surface area contributed by atoms with Crippen LogP contribution in [0.2, 0.25) is 0 Å². The number of nitro groups is 1. The Labute approximate surface area is 130 Å².